The first-order chi connectivity index (χ1) is 14.6. The van der Waals surface area contributed by atoms with Gasteiger partial charge in [0.15, 0.2) is 11.5 Å². The number of rotatable bonds is 3. The molecule has 1 N–H and O–H groups in total. The summed E-state index contributed by atoms with van der Waals surface area (Å²) in [6, 6.07) is 12.8. The summed E-state index contributed by atoms with van der Waals surface area (Å²) in [6.45, 7) is 5.50. The van der Waals surface area contributed by atoms with E-state index in [1.54, 1.807) is 7.05 Å². The molecule has 1 spiro atoms. The first kappa shape index (κ1) is 19.4. The number of nitrogens with zero attached hydrogens (tertiary/aromatic N) is 1. The van der Waals surface area contributed by atoms with Crippen LogP contribution < -0.4 is 14.8 Å². The number of ether oxygens (including phenoxy) is 2. The third-order valence-corrected chi connectivity index (χ3v) is 7.18. The first-order valence-corrected chi connectivity index (χ1v) is 11.1. The predicted octanol–water partition coefficient (Wildman–Crippen LogP) is 4.21. The number of nitrogens with one attached hydrogen (secondary N) is 1. The zero-order valence-electron chi connectivity index (χ0n) is 17.9. The van der Waals surface area contributed by atoms with E-state index in [2.05, 4.69) is 41.4 Å². The lowest BCUT2D eigenvalue weighted by atomic mass is 9.71. The summed E-state index contributed by atoms with van der Waals surface area (Å²) in [7, 11) is 1.66. The molecule has 2 heterocycles. The van der Waals surface area contributed by atoms with Crippen LogP contribution in [0, 0.1) is 0 Å². The van der Waals surface area contributed by atoms with Crippen LogP contribution in [0.3, 0.4) is 0 Å². The van der Waals surface area contributed by atoms with E-state index in [9.17, 15) is 4.79 Å². The van der Waals surface area contributed by atoms with Crippen LogP contribution in [0.5, 0.6) is 11.5 Å². The molecule has 0 radical (unpaired) electrons. The van der Waals surface area contributed by atoms with E-state index in [1.165, 1.54) is 42.4 Å². The zero-order chi connectivity index (χ0) is 20.7. The Morgan fingerprint density at radius 2 is 1.77 bits per heavy atom. The summed E-state index contributed by atoms with van der Waals surface area (Å²) >= 11 is 0. The van der Waals surface area contributed by atoms with Gasteiger partial charge in [0.1, 0.15) is 13.2 Å². The predicted molar refractivity (Wildman–Crippen MR) is 116 cm³/mol. The van der Waals surface area contributed by atoms with Crippen molar-refractivity contribution >= 4 is 5.91 Å². The smallest absolute Gasteiger partial charge is 0.251 e. The maximum atomic E-state index is 11.8. The van der Waals surface area contributed by atoms with Crippen molar-refractivity contribution in [3.05, 3.63) is 58.7 Å². The highest BCUT2D eigenvalue weighted by Gasteiger charge is 2.45. The number of hydrogen-bond acceptors (Lipinski definition) is 4. The molecule has 2 aliphatic heterocycles. The highest BCUT2D eigenvalue weighted by molar-refractivity contribution is 5.93. The molecular weight excluding hydrogens is 376 g/mol. The van der Waals surface area contributed by atoms with E-state index in [-0.39, 0.29) is 11.3 Å². The maximum Gasteiger partial charge on any atom is 0.251 e. The average Bonchev–Trinajstić information content (AvgIpc) is 3.25. The monoisotopic (exact) mass is 406 g/mol. The number of benzene rings is 2. The molecule has 2 aromatic rings. The van der Waals surface area contributed by atoms with Crippen molar-refractivity contribution in [2.45, 2.75) is 50.6 Å². The first-order valence-electron chi connectivity index (χ1n) is 11.1. The van der Waals surface area contributed by atoms with E-state index < -0.39 is 0 Å². The van der Waals surface area contributed by atoms with Gasteiger partial charge in [-0.05, 0) is 60.7 Å². The van der Waals surface area contributed by atoms with Crippen molar-refractivity contribution in [2.24, 2.45) is 0 Å². The van der Waals surface area contributed by atoms with Crippen LogP contribution in [0.1, 0.15) is 65.7 Å². The summed E-state index contributed by atoms with van der Waals surface area (Å²) in [6.07, 6.45) is 5.05. The Morgan fingerprint density at radius 3 is 2.43 bits per heavy atom. The van der Waals surface area contributed by atoms with Gasteiger partial charge in [0.05, 0.1) is 0 Å². The van der Waals surface area contributed by atoms with Gasteiger partial charge < -0.3 is 14.8 Å². The zero-order valence-corrected chi connectivity index (χ0v) is 17.9. The fraction of sp³-hybridized carbons (Fsp3) is 0.480. The summed E-state index contributed by atoms with van der Waals surface area (Å²) < 4.78 is 11.8. The molecular formula is C25H30N2O3. The van der Waals surface area contributed by atoms with Crippen LogP contribution in [-0.2, 0) is 12.0 Å². The van der Waals surface area contributed by atoms with Crippen molar-refractivity contribution in [3.63, 3.8) is 0 Å². The molecule has 5 rings (SSSR count). The largest absolute Gasteiger partial charge is 0.486 e. The normalized spacial score (nSPS) is 22.0. The molecule has 1 amide bonds. The molecule has 158 valence electrons. The molecule has 3 aliphatic rings. The van der Waals surface area contributed by atoms with Gasteiger partial charge in [0.2, 0.25) is 0 Å². The van der Waals surface area contributed by atoms with Crippen LogP contribution in [-0.4, -0.2) is 37.6 Å². The second-order valence-corrected chi connectivity index (χ2v) is 8.93. The molecule has 1 fully saturated rings. The van der Waals surface area contributed by atoms with Crippen LogP contribution in [0.15, 0.2) is 36.4 Å². The third-order valence-electron chi connectivity index (χ3n) is 7.18. The standard InChI is InChI=1S/C25H30N2O3/c1-17-20-13-22-23(30-12-11-29-22)14-21(20)25(9-3-4-10-25)16-27(17)15-18-5-7-19(8-6-18)24(28)26-2/h5-8,13-14,17H,3-4,9-12,15-16H2,1-2H3,(H,26,28). The Morgan fingerprint density at radius 1 is 1.10 bits per heavy atom. The molecule has 5 nitrogen and oxygen atoms in total. The molecule has 0 bridgehead atoms. The Bertz CT molecular complexity index is 948. The van der Waals surface area contributed by atoms with Crippen LogP contribution in [0.2, 0.25) is 0 Å². The summed E-state index contributed by atoms with van der Waals surface area (Å²) in [4.78, 5) is 14.4. The molecule has 1 aliphatic carbocycles. The quantitative estimate of drug-likeness (QED) is 0.830. The van der Waals surface area contributed by atoms with E-state index in [1.807, 2.05) is 12.1 Å². The molecule has 1 saturated carbocycles. The number of hydrogen-bond donors (Lipinski definition) is 1. The Balaban J connectivity index is 1.47. The van der Waals surface area contributed by atoms with Gasteiger partial charge in [0, 0.05) is 37.2 Å². The number of carbonyl (C=O) groups excluding carboxylic acids is 1. The lowest BCUT2D eigenvalue weighted by molar-refractivity contribution is 0.0963. The Labute approximate surface area is 178 Å². The maximum absolute atomic E-state index is 11.8. The number of amides is 1. The van der Waals surface area contributed by atoms with Crippen LogP contribution >= 0.6 is 0 Å². The molecule has 0 aromatic heterocycles. The highest BCUT2D eigenvalue weighted by atomic mass is 16.6. The lowest BCUT2D eigenvalue weighted by Gasteiger charge is -2.46. The van der Waals surface area contributed by atoms with Crippen molar-refractivity contribution in [3.8, 4) is 11.5 Å². The molecule has 1 unspecified atom stereocenters. The van der Waals surface area contributed by atoms with E-state index in [0.29, 0.717) is 24.8 Å². The minimum Gasteiger partial charge on any atom is -0.486 e. The van der Waals surface area contributed by atoms with Gasteiger partial charge in [-0.25, -0.2) is 0 Å². The number of carbonyl (C=O) groups is 1. The topological polar surface area (TPSA) is 50.8 Å². The average molecular weight is 407 g/mol. The van der Waals surface area contributed by atoms with Crippen molar-refractivity contribution in [1.82, 2.24) is 10.2 Å². The van der Waals surface area contributed by atoms with Crippen molar-refractivity contribution < 1.29 is 14.3 Å². The fourth-order valence-corrected chi connectivity index (χ4v) is 5.53. The molecule has 5 heteroatoms. The summed E-state index contributed by atoms with van der Waals surface area (Å²) in [5.41, 5.74) is 5.01. The van der Waals surface area contributed by atoms with E-state index in [4.69, 9.17) is 9.47 Å². The molecule has 2 aromatic carbocycles. The van der Waals surface area contributed by atoms with Gasteiger partial charge in [0.25, 0.3) is 5.91 Å². The Hall–Kier alpha value is -2.53. The van der Waals surface area contributed by atoms with E-state index >= 15 is 0 Å². The fourth-order valence-electron chi connectivity index (χ4n) is 5.53. The van der Waals surface area contributed by atoms with E-state index in [0.717, 1.165) is 24.6 Å². The third kappa shape index (κ3) is 3.25. The van der Waals surface area contributed by atoms with Crippen LogP contribution in [0.4, 0.5) is 0 Å². The van der Waals surface area contributed by atoms with Gasteiger partial charge >= 0.3 is 0 Å². The molecule has 30 heavy (non-hydrogen) atoms. The summed E-state index contributed by atoms with van der Waals surface area (Å²) in [5.74, 6) is 1.76. The Kier molecular flexibility index (Phi) is 4.94. The minimum atomic E-state index is -0.0429. The van der Waals surface area contributed by atoms with Gasteiger partial charge in [-0.15, -0.1) is 0 Å². The van der Waals surface area contributed by atoms with Crippen molar-refractivity contribution in [1.29, 1.82) is 0 Å². The van der Waals surface area contributed by atoms with Gasteiger partial charge in [-0.3, -0.25) is 9.69 Å². The van der Waals surface area contributed by atoms with Gasteiger partial charge in [-0.2, -0.15) is 0 Å². The minimum absolute atomic E-state index is 0.0429. The highest BCUT2D eigenvalue weighted by Crippen LogP contribution is 2.52. The lowest BCUT2D eigenvalue weighted by Crippen LogP contribution is -2.45. The second-order valence-electron chi connectivity index (χ2n) is 8.93. The molecule has 0 saturated heterocycles. The van der Waals surface area contributed by atoms with Gasteiger partial charge in [-0.1, -0.05) is 25.0 Å². The summed E-state index contributed by atoms with van der Waals surface area (Å²) in [5, 5.41) is 2.69. The molecule has 1 atom stereocenters. The SMILES string of the molecule is CNC(=O)c1ccc(CN2CC3(CCCC3)c3cc4c(cc3C2C)OCCO4)cc1. The van der Waals surface area contributed by atoms with Crippen molar-refractivity contribution in [2.75, 3.05) is 26.8 Å². The van der Waals surface area contributed by atoms with Crippen LogP contribution in [0.25, 0.3) is 0 Å². The second kappa shape index (κ2) is 7.62. The number of fused-ring (bicyclic) bond motifs is 3.